The van der Waals surface area contributed by atoms with Crippen molar-refractivity contribution in [2.75, 3.05) is 7.05 Å². The van der Waals surface area contributed by atoms with Gasteiger partial charge in [0.15, 0.2) is 0 Å². The molecule has 2 nitrogen and oxygen atoms in total. The molecule has 21 heavy (non-hydrogen) atoms. The molecule has 0 amide bonds. The number of likely N-dealkylation sites (N-methyl/N-ethyl adjacent to an activating group) is 1. The number of halogens is 1. The number of nitrogens with zero attached hydrogens (tertiary/aromatic N) is 1. The van der Waals surface area contributed by atoms with Gasteiger partial charge in [-0.15, -0.1) is 11.3 Å². The maximum Gasteiger partial charge on any atom is 0.0897 e. The third-order valence-electron chi connectivity index (χ3n) is 3.66. The topological polar surface area (TPSA) is 24.9 Å². The third-order valence-corrected chi connectivity index (χ3v) is 4.97. The van der Waals surface area contributed by atoms with E-state index in [0.717, 1.165) is 21.6 Å². The van der Waals surface area contributed by atoms with E-state index in [1.807, 2.05) is 7.05 Å². The molecule has 0 aliphatic rings. The predicted molar refractivity (Wildman–Crippen MR) is 94.0 cm³/mol. The second kappa shape index (κ2) is 6.26. The maximum absolute atomic E-state index is 4.57. The molecule has 0 bridgehead atoms. The first kappa shape index (κ1) is 14.7. The summed E-state index contributed by atoms with van der Waals surface area (Å²) in [4.78, 5) is 4.57. The van der Waals surface area contributed by atoms with Crippen LogP contribution in [0, 0.1) is 6.92 Å². The van der Waals surface area contributed by atoms with Crippen molar-refractivity contribution in [3.63, 3.8) is 0 Å². The van der Waals surface area contributed by atoms with Crippen LogP contribution in [0.5, 0.6) is 0 Å². The first-order chi connectivity index (χ1) is 10.2. The Morgan fingerprint density at radius 3 is 2.67 bits per heavy atom. The van der Waals surface area contributed by atoms with Gasteiger partial charge in [0.2, 0.25) is 0 Å². The van der Waals surface area contributed by atoms with Gasteiger partial charge in [0.25, 0.3) is 0 Å². The van der Waals surface area contributed by atoms with Crippen LogP contribution in [0.3, 0.4) is 0 Å². The second-order valence-corrected chi connectivity index (χ2v) is 7.13. The summed E-state index contributed by atoms with van der Waals surface area (Å²) in [6.45, 7) is 2.05. The molecule has 1 atom stereocenters. The van der Waals surface area contributed by atoms with Crippen molar-refractivity contribution >= 4 is 38.0 Å². The zero-order valence-electron chi connectivity index (χ0n) is 12.1. The number of fused-ring (bicyclic) bond motifs is 1. The Morgan fingerprint density at radius 1 is 1.19 bits per heavy atom. The fourth-order valence-corrected chi connectivity index (χ4v) is 3.55. The number of rotatable bonds is 4. The molecule has 0 saturated carbocycles. The molecule has 1 aromatic heterocycles. The van der Waals surface area contributed by atoms with E-state index in [2.05, 4.69) is 74.9 Å². The van der Waals surface area contributed by atoms with Crippen LogP contribution < -0.4 is 5.32 Å². The van der Waals surface area contributed by atoms with Gasteiger partial charge in [-0.05, 0) is 48.5 Å². The van der Waals surface area contributed by atoms with Crippen LogP contribution in [-0.2, 0) is 6.42 Å². The molecule has 108 valence electrons. The Hall–Kier alpha value is -1.23. The van der Waals surface area contributed by atoms with Crippen molar-refractivity contribution in [3.05, 3.63) is 62.5 Å². The fraction of sp³-hybridized carbons (Fsp3) is 0.235. The SMILES string of the molecule is CNC(Cc1csc(C)n1)c1ccc2cc(Br)ccc2c1. The van der Waals surface area contributed by atoms with Crippen molar-refractivity contribution in [1.82, 2.24) is 10.3 Å². The fourth-order valence-electron chi connectivity index (χ4n) is 2.55. The number of hydrogen-bond donors (Lipinski definition) is 1. The Morgan fingerprint density at radius 2 is 1.95 bits per heavy atom. The first-order valence-electron chi connectivity index (χ1n) is 6.93. The van der Waals surface area contributed by atoms with E-state index < -0.39 is 0 Å². The van der Waals surface area contributed by atoms with Crippen LogP contribution in [0.25, 0.3) is 10.8 Å². The predicted octanol–water partition coefficient (Wildman–Crippen LogP) is 4.87. The lowest BCUT2D eigenvalue weighted by molar-refractivity contribution is 0.586. The molecule has 1 unspecified atom stereocenters. The van der Waals surface area contributed by atoms with Gasteiger partial charge in [0.05, 0.1) is 10.7 Å². The summed E-state index contributed by atoms with van der Waals surface area (Å²) >= 11 is 5.23. The zero-order valence-corrected chi connectivity index (χ0v) is 14.5. The number of thiazole rings is 1. The molecule has 0 aliphatic carbocycles. The van der Waals surface area contributed by atoms with E-state index in [1.165, 1.54) is 16.3 Å². The lowest BCUT2D eigenvalue weighted by Crippen LogP contribution is -2.19. The second-order valence-electron chi connectivity index (χ2n) is 5.15. The maximum atomic E-state index is 4.57. The van der Waals surface area contributed by atoms with E-state index in [-0.39, 0.29) is 0 Å². The lowest BCUT2D eigenvalue weighted by atomic mass is 9.99. The quantitative estimate of drug-likeness (QED) is 0.717. The van der Waals surface area contributed by atoms with E-state index >= 15 is 0 Å². The molecule has 1 N–H and O–H groups in total. The Balaban J connectivity index is 1.91. The first-order valence-corrected chi connectivity index (χ1v) is 8.60. The van der Waals surface area contributed by atoms with Crippen LogP contribution in [0.2, 0.25) is 0 Å². The van der Waals surface area contributed by atoms with Crippen molar-refractivity contribution in [3.8, 4) is 0 Å². The largest absolute Gasteiger partial charge is 0.313 e. The summed E-state index contributed by atoms with van der Waals surface area (Å²) in [5.74, 6) is 0. The summed E-state index contributed by atoms with van der Waals surface area (Å²) in [6, 6.07) is 13.3. The average molecular weight is 361 g/mol. The van der Waals surface area contributed by atoms with Crippen LogP contribution in [0.15, 0.2) is 46.3 Å². The molecule has 3 rings (SSSR count). The van der Waals surface area contributed by atoms with Crippen LogP contribution in [0.4, 0.5) is 0 Å². The number of aromatic nitrogens is 1. The van der Waals surface area contributed by atoms with E-state index in [9.17, 15) is 0 Å². The zero-order chi connectivity index (χ0) is 14.8. The van der Waals surface area contributed by atoms with E-state index in [4.69, 9.17) is 0 Å². The van der Waals surface area contributed by atoms with Crippen molar-refractivity contribution in [1.29, 1.82) is 0 Å². The van der Waals surface area contributed by atoms with Crippen molar-refractivity contribution in [2.24, 2.45) is 0 Å². The van der Waals surface area contributed by atoms with Gasteiger partial charge in [0.1, 0.15) is 0 Å². The Kier molecular flexibility index (Phi) is 4.38. The highest BCUT2D eigenvalue weighted by Crippen LogP contribution is 2.25. The van der Waals surface area contributed by atoms with Crippen molar-refractivity contribution < 1.29 is 0 Å². The summed E-state index contributed by atoms with van der Waals surface area (Å²) in [5.41, 5.74) is 2.46. The molecule has 1 heterocycles. The number of nitrogens with one attached hydrogen (secondary N) is 1. The summed E-state index contributed by atoms with van der Waals surface area (Å²) < 4.78 is 1.12. The molecule has 0 saturated heterocycles. The van der Waals surface area contributed by atoms with Gasteiger partial charge >= 0.3 is 0 Å². The highest BCUT2D eigenvalue weighted by Gasteiger charge is 2.12. The van der Waals surface area contributed by atoms with Crippen LogP contribution in [0.1, 0.15) is 22.3 Å². The van der Waals surface area contributed by atoms with E-state index in [0.29, 0.717) is 6.04 Å². The minimum Gasteiger partial charge on any atom is -0.313 e. The summed E-state index contributed by atoms with van der Waals surface area (Å²) in [6.07, 6.45) is 0.920. The van der Waals surface area contributed by atoms with Crippen LogP contribution in [-0.4, -0.2) is 12.0 Å². The van der Waals surface area contributed by atoms with Gasteiger partial charge < -0.3 is 5.32 Å². The summed E-state index contributed by atoms with van der Waals surface area (Å²) in [7, 11) is 2.01. The Bertz CT molecular complexity index is 766. The molecule has 4 heteroatoms. The number of benzene rings is 2. The Labute approximate surface area is 137 Å². The van der Waals surface area contributed by atoms with Crippen LogP contribution >= 0.6 is 27.3 Å². The number of hydrogen-bond acceptors (Lipinski definition) is 3. The van der Waals surface area contributed by atoms with Gasteiger partial charge in [0, 0.05) is 22.3 Å². The smallest absolute Gasteiger partial charge is 0.0897 e. The molecule has 0 spiro atoms. The lowest BCUT2D eigenvalue weighted by Gasteiger charge is -2.16. The molecule has 0 radical (unpaired) electrons. The molecule has 3 aromatic rings. The highest BCUT2D eigenvalue weighted by atomic mass is 79.9. The highest BCUT2D eigenvalue weighted by molar-refractivity contribution is 9.10. The molecule has 2 aromatic carbocycles. The third kappa shape index (κ3) is 3.34. The number of aryl methyl sites for hydroxylation is 1. The monoisotopic (exact) mass is 360 g/mol. The minimum absolute atomic E-state index is 0.291. The molecule has 0 aliphatic heterocycles. The molecule has 0 fully saturated rings. The van der Waals surface area contributed by atoms with Gasteiger partial charge in [-0.25, -0.2) is 4.98 Å². The van der Waals surface area contributed by atoms with Gasteiger partial charge in [-0.1, -0.05) is 34.1 Å². The average Bonchev–Trinajstić information content (AvgIpc) is 2.89. The summed E-state index contributed by atoms with van der Waals surface area (Å²) in [5, 5.41) is 9.21. The standard InChI is InChI=1S/C17H17BrN2S/c1-11-20-16(10-21-11)9-17(19-2)14-4-3-13-8-15(18)6-5-12(13)7-14/h3-8,10,17,19H,9H2,1-2H3. The minimum atomic E-state index is 0.291. The van der Waals surface area contributed by atoms with Gasteiger partial charge in [-0.3, -0.25) is 0 Å². The molecular weight excluding hydrogens is 344 g/mol. The normalized spacial score (nSPS) is 12.7. The van der Waals surface area contributed by atoms with Crippen molar-refractivity contribution in [2.45, 2.75) is 19.4 Å². The van der Waals surface area contributed by atoms with Gasteiger partial charge in [-0.2, -0.15) is 0 Å². The molecular formula is C17H17BrN2S. The van der Waals surface area contributed by atoms with E-state index in [1.54, 1.807) is 11.3 Å².